The van der Waals surface area contributed by atoms with Gasteiger partial charge >= 0.3 is 0 Å². The molecule has 0 aromatic carbocycles. The van der Waals surface area contributed by atoms with Crippen LogP contribution in [0, 0.1) is 5.92 Å². The molecule has 7 heteroatoms. The van der Waals surface area contributed by atoms with E-state index in [1.807, 2.05) is 0 Å². The third-order valence-electron chi connectivity index (χ3n) is 3.38. The highest BCUT2D eigenvalue weighted by molar-refractivity contribution is 7.90. The van der Waals surface area contributed by atoms with Gasteiger partial charge in [0.2, 0.25) is 20.9 Å². The Balaban J connectivity index is 2.11. The molecule has 1 saturated heterocycles. The first-order valence-corrected chi connectivity index (χ1v) is 8.32. The van der Waals surface area contributed by atoms with Gasteiger partial charge in [0.05, 0.1) is 6.67 Å². The molecule has 0 spiro atoms. The van der Waals surface area contributed by atoms with Crippen molar-refractivity contribution in [2.24, 2.45) is 5.92 Å². The smallest absolute Gasteiger partial charge is 0.228 e. The van der Waals surface area contributed by atoms with Crippen LogP contribution in [0.4, 0.5) is 0 Å². The molecule has 1 aromatic rings. The molecule has 0 aliphatic carbocycles. The Morgan fingerprint density at radius 2 is 2.21 bits per heavy atom. The van der Waals surface area contributed by atoms with E-state index in [4.69, 9.17) is 0 Å². The Morgan fingerprint density at radius 3 is 2.84 bits per heavy atom. The molecule has 0 N–H and O–H groups in total. The van der Waals surface area contributed by atoms with Gasteiger partial charge in [-0.3, -0.25) is 4.79 Å². The van der Waals surface area contributed by atoms with Gasteiger partial charge in [0, 0.05) is 31.1 Å². The van der Waals surface area contributed by atoms with Gasteiger partial charge in [0.25, 0.3) is 0 Å². The van der Waals surface area contributed by atoms with Gasteiger partial charge in [-0.2, -0.15) is 0 Å². The fraction of sp³-hybridized carbons (Fsp3) is 0.667. The SMILES string of the molecule is CCCC1CCN(Cn2ccnc2S(C)(=O)=O)C1=O. The molecular weight excluding hydrogens is 266 g/mol. The molecule has 19 heavy (non-hydrogen) atoms. The molecule has 1 unspecified atom stereocenters. The molecule has 1 amide bonds. The van der Waals surface area contributed by atoms with Crippen molar-refractivity contribution in [1.82, 2.24) is 14.5 Å². The lowest BCUT2D eigenvalue weighted by Gasteiger charge is -2.18. The summed E-state index contributed by atoms with van der Waals surface area (Å²) in [6, 6.07) is 0. The molecule has 1 atom stereocenters. The number of imidazole rings is 1. The van der Waals surface area contributed by atoms with E-state index in [1.54, 1.807) is 11.1 Å². The summed E-state index contributed by atoms with van der Waals surface area (Å²) in [6.07, 6.45) is 6.91. The lowest BCUT2D eigenvalue weighted by Crippen LogP contribution is -2.30. The molecule has 1 aliphatic rings. The first-order chi connectivity index (χ1) is 8.93. The summed E-state index contributed by atoms with van der Waals surface area (Å²) in [5, 5.41) is 0.0132. The van der Waals surface area contributed by atoms with Crippen molar-refractivity contribution >= 4 is 15.7 Å². The van der Waals surface area contributed by atoms with Gasteiger partial charge in [-0.25, -0.2) is 13.4 Å². The molecule has 1 aliphatic heterocycles. The molecule has 0 radical (unpaired) electrons. The van der Waals surface area contributed by atoms with Gasteiger partial charge in [-0.05, 0) is 12.8 Å². The number of carbonyl (C=O) groups is 1. The van der Waals surface area contributed by atoms with Gasteiger partial charge in [0.15, 0.2) is 0 Å². The van der Waals surface area contributed by atoms with Gasteiger partial charge in [-0.15, -0.1) is 0 Å². The number of hydrogen-bond donors (Lipinski definition) is 0. The van der Waals surface area contributed by atoms with Crippen molar-refractivity contribution in [3.63, 3.8) is 0 Å². The summed E-state index contributed by atoms with van der Waals surface area (Å²) in [5.41, 5.74) is 0. The van der Waals surface area contributed by atoms with E-state index < -0.39 is 9.84 Å². The van der Waals surface area contributed by atoms with E-state index >= 15 is 0 Å². The van der Waals surface area contributed by atoms with Crippen molar-refractivity contribution in [2.75, 3.05) is 12.8 Å². The van der Waals surface area contributed by atoms with Crippen LogP contribution in [-0.4, -0.2) is 41.6 Å². The maximum atomic E-state index is 12.1. The van der Waals surface area contributed by atoms with Crippen molar-refractivity contribution in [3.8, 4) is 0 Å². The van der Waals surface area contributed by atoms with E-state index in [1.165, 1.54) is 10.8 Å². The monoisotopic (exact) mass is 285 g/mol. The molecule has 0 saturated carbocycles. The Morgan fingerprint density at radius 1 is 1.47 bits per heavy atom. The van der Waals surface area contributed by atoms with Crippen LogP contribution in [0.5, 0.6) is 0 Å². The second kappa shape index (κ2) is 5.32. The standard InChI is InChI=1S/C12H19N3O3S/c1-3-4-10-5-7-14(11(10)16)9-15-8-6-13-12(15)19(2,17)18/h6,8,10H,3-5,7,9H2,1-2H3. The summed E-state index contributed by atoms with van der Waals surface area (Å²) < 4.78 is 24.6. The van der Waals surface area contributed by atoms with Crippen molar-refractivity contribution in [1.29, 1.82) is 0 Å². The largest absolute Gasteiger partial charge is 0.324 e. The van der Waals surface area contributed by atoms with Crippen LogP contribution in [0.3, 0.4) is 0 Å². The summed E-state index contributed by atoms with van der Waals surface area (Å²) in [4.78, 5) is 17.7. The zero-order valence-corrected chi connectivity index (χ0v) is 12.1. The van der Waals surface area contributed by atoms with Crippen LogP contribution >= 0.6 is 0 Å². The highest BCUT2D eigenvalue weighted by Crippen LogP contribution is 2.23. The highest BCUT2D eigenvalue weighted by atomic mass is 32.2. The zero-order valence-electron chi connectivity index (χ0n) is 11.2. The highest BCUT2D eigenvalue weighted by Gasteiger charge is 2.31. The Labute approximate surface area is 113 Å². The number of nitrogens with zero attached hydrogens (tertiary/aromatic N) is 3. The quantitative estimate of drug-likeness (QED) is 0.805. The van der Waals surface area contributed by atoms with Crippen LogP contribution in [0.2, 0.25) is 0 Å². The predicted molar refractivity (Wildman–Crippen MR) is 70.1 cm³/mol. The minimum Gasteiger partial charge on any atom is -0.324 e. The van der Waals surface area contributed by atoms with Crippen molar-refractivity contribution < 1.29 is 13.2 Å². The summed E-state index contributed by atoms with van der Waals surface area (Å²) in [6.45, 7) is 3.01. The number of likely N-dealkylation sites (tertiary alicyclic amines) is 1. The van der Waals surface area contributed by atoms with E-state index in [0.717, 1.165) is 25.5 Å². The predicted octanol–water partition coefficient (Wildman–Crippen LogP) is 0.893. The number of aromatic nitrogens is 2. The van der Waals surface area contributed by atoms with Gasteiger partial charge in [0.1, 0.15) is 0 Å². The average Bonchev–Trinajstić information content (AvgIpc) is 2.90. The van der Waals surface area contributed by atoms with Gasteiger partial charge < -0.3 is 9.47 Å². The fourth-order valence-corrected chi connectivity index (χ4v) is 3.27. The Hall–Kier alpha value is -1.37. The normalized spacial score (nSPS) is 20.2. The Kier molecular flexibility index (Phi) is 3.93. The topological polar surface area (TPSA) is 72.3 Å². The minimum atomic E-state index is -3.36. The molecular formula is C12H19N3O3S. The van der Waals surface area contributed by atoms with Crippen LogP contribution in [0.1, 0.15) is 26.2 Å². The molecule has 2 heterocycles. The summed E-state index contributed by atoms with van der Waals surface area (Å²) in [7, 11) is -3.36. The number of amides is 1. The molecule has 0 bridgehead atoms. The molecule has 6 nitrogen and oxygen atoms in total. The van der Waals surface area contributed by atoms with Crippen LogP contribution in [0.15, 0.2) is 17.6 Å². The molecule has 2 rings (SSSR count). The second-order valence-electron chi connectivity index (χ2n) is 4.97. The number of rotatable bonds is 5. The van der Waals surface area contributed by atoms with Gasteiger partial charge in [-0.1, -0.05) is 13.3 Å². The van der Waals surface area contributed by atoms with E-state index in [-0.39, 0.29) is 23.7 Å². The van der Waals surface area contributed by atoms with Crippen molar-refractivity contribution in [3.05, 3.63) is 12.4 Å². The number of sulfone groups is 1. The lowest BCUT2D eigenvalue weighted by atomic mass is 10.0. The first-order valence-electron chi connectivity index (χ1n) is 6.43. The molecule has 1 aromatic heterocycles. The molecule has 106 valence electrons. The summed E-state index contributed by atoms with van der Waals surface area (Å²) in [5.74, 6) is 0.213. The van der Waals surface area contributed by atoms with Crippen LogP contribution in [0.25, 0.3) is 0 Å². The van der Waals surface area contributed by atoms with E-state index in [0.29, 0.717) is 6.54 Å². The van der Waals surface area contributed by atoms with E-state index in [2.05, 4.69) is 11.9 Å². The van der Waals surface area contributed by atoms with E-state index in [9.17, 15) is 13.2 Å². The first kappa shape index (κ1) is 14.0. The van der Waals surface area contributed by atoms with Crippen LogP contribution < -0.4 is 0 Å². The third-order valence-corrected chi connectivity index (χ3v) is 4.38. The maximum absolute atomic E-state index is 12.1. The lowest BCUT2D eigenvalue weighted by molar-refractivity contribution is -0.132. The summed E-state index contributed by atoms with van der Waals surface area (Å²) >= 11 is 0. The number of carbonyl (C=O) groups excluding carboxylic acids is 1. The second-order valence-corrected chi connectivity index (χ2v) is 6.88. The third kappa shape index (κ3) is 2.97. The zero-order chi connectivity index (χ0) is 14.0. The maximum Gasteiger partial charge on any atom is 0.228 e. The van der Waals surface area contributed by atoms with Crippen LogP contribution in [-0.2, 0) is 21.3 Å². The average molecular weight is 285 g/mol. The number of hydrogen-bond acceptors (Lipinski definition) is 4. The Bertz CT molecular complexity index is 565. The minimum absolute atomic E-state index is 0.0132. The van der Waals surface area contributed by atoms with Crippen molar-refractivity contribution in [2.45, 2.75) is 38.0 Å². The molecule has 1 fully saturated rings. The fourth-order valence-electron chi connectivity index (χ4n) is 2.48.